The molecule has 0 aromatic carbocycles. The van der Waals surface area contributed by atoms with Gasteiger partial charge >= 0.3 is 6.16 Å². The number of carbonyl (C=O) groups is 1. The summed E-state index contributed by atoms with van der Waals surface area (Å²) in [4.78, 5) is 10.4. The first-order chi connectivity index (χ1) is 4.52. The van der Waals surface area contributed by atoms with E-state index in [-0.39, 0.29) is 0 Å². The fourth-order valence-electron chi connectivity index (χ4n) is 0.273. The molecule has 0 unspecified atom stereocenters. The first-order valence-corrected chi connectivity index (χ1v) is 2.70. The van der Waals surface area contributed by atoms with E-state index in [9.17, 15) is 4.79 Å². The van der Waals surface area contributed by atoms with Gasteiger partial charge in [0.05, 0.1) is 7.11 Å². The molecule has 10 heavy (non-hydrogen) atoms. The van der Waals surface area contributed by atoms with E-state index < -0.39 is 11.8 Å². The fraction of sp³-hybridized carbons (Fsp3) is 0.667. The molecule has 0 aromatic heterocycles. The Labute approximate surface area is 59.3 Å². The van der Waals surface area contributed by atoms with Crippen LogP contribution in [0.5, 0.6) is 0 Å². The number of nitrogens with zero attached hydrogens (tertiary/aromatic N) is 1. The average molecular weight is 143 g/mol. The predicted octanol–water partition coefficient (Wildman–Crippen LogP) is 1.07. The minimum atomic E-state index is -1.10. The van der Waals surface area contributed by atoms with Crippen LogP contribution in [0.2, 0.25) is 0 Å². The zero-order valence-corrected chi connectivity index (χ0v) is 6.17. The molecule has 4 heteroatoms. The summed E-state index contributed by atoms with van der Waals surface area (Å²) in [6.07, 6.45) is -0.841. The molecule has 0 rings (SSSR count). The van der Waals surface area contributed by atoms with Crippen molar-refractivity contribution < 1.29 is 14.3 Å². The Morgan fingerprint density at radius 2 is 2.10 bits per heavy atom. The van der Waals surface area contributed by atoms with E-state index in [1.165, 1.54) is 21.0 Å². The second-order valence-corrected chi connectivity index (χ2v) is 2.18. The molecule has 0 bridgehead atoms. The molecule has 0 aliphatic heterocycles. The van der Waals surface area contributed by atoms with Crippen LogP contribution in [0.3, 0.4) is 0 Å². The van der Waals surface area contributed by atoms with Crippen LogP contribution in [0.1, 0.15) is 13.8 Å². The Hall–Kier alpha value is -1.24. The third-order valence-corrected chi connectivity index (χ3v) is 0.774. The lowest BCUT2D eigenvalue weighted by atomic mass is 10.2. The third kappa shape index (κ3) is 2.92. The summed E-state index contributed by atoms with van der Waals surface area (Å²) in [5, 5.41) is 8.36. The lowest BCUT2D eigenvalue weighted by Crippen LogP contribution is -2.25. The van der Waals surface area contributed by atoms with Crippen molar-refractivity contribution in [2.45, 2.75) is 19.4 Å². The quantitative estimate of drug-likeness (QED) is 0.515. The maximum absolute atomic E-state index is 10.4. The van der Waals surface area contributed by atoms with E-state index in [1.54, 1.807) is 6.07 Å². The van der Waals surface area contributed by atoms with Gasteiger partial charge in [0.25, 0.3) is 0 Å². The highest BCUT2D eigenvalue weighted by Crippen LogP contribution is 2.07. The van der Waals surface area contributed by atoms with E-state index in [4.69, 9.17) is 5.26 Å². The molecule has 0 fully saturated rings. The minimum Gasteiger partial charge on any atom is -0.438 e. The highest BCUT2D eigenvalue weighted by molar-refractivity contribution is 5.60. The second-order valence-electron chi connectivity index (χ2n) is 2.18. The van der Waals surface area contributed by atoms with Gasteiger partial charge in [-0.25, -0.2) is 4.79 Å². The predicted molar refractivity (Wildman–Crippen MR) is 33.2 cm³/mol. The van der Waals surface area contributed by atoms with Crippen LogP contribution in [0, 0.1) is 11.3 Å². The maximum atomic E-state index is 10.4. The van der Waals surface area contributed by atoms with Gasteiger partial charge in [0.2, 0.25) is 0 Å². The van der Waals surface area contributed by atoms with Crippen LogP contribution < -0.4 is 0 Å². The van der Waals surface area contributed by atoms with Gasteiger partial charge in [-0.1, -0.05) is 0 Å². The average Bonchev–Trinajstić information content (AvgIpc) is 1.87. The largest absolute Gasteiger partial charge is 0.509 e. The Morgan fingerprint density at radius 3 is 2.40 bits per heavy atom. The first kappa shape index (κ1) is 8.76. The highest BCUT2D eigenvalue weighted by Gasteiger charge is 2.21. The zero-order valence-electron chi connectivity index (χ0n) is 6.17. The van der Waals surface area contributed by atoms with E-state index >= 15 is 0 Å². The Morgan fingerprint density at radius 1 is 1.60 bits per heavy atom. The van der Waals surface area contributed by atoms with Crippen molar-refractivity contribution in [3.05, 3.63) is 0 Å². The van der Waals surface area contributed by atoms with Gasteiger partial charge in [-0.05, 0) is 13.8 Å². The number of nitriles is 1. The molecule has 56 valence electrons. The molecule has 0 aliphatic carbocycles. The molecule has 4 nitrogen and oxygen atoms in total. The van der Waals surface area contributed by atoms with Gasteiger partial charge in [0.15, 0.2) is 5.60 Å². The summed E-state index contributed by atoms with van der Waals surface area (Å²) >= 11 is 0. The van der Waals surface area contributed by atoms with Crippen LogP contribution in [0.15, 0.2) is 0 Å². The van der Waals surface area contributed by atoms with Crippen LogP contribution >= 0.6 is 0 Å². The molecule has 0 saturated carbocycles. The standard InChI is InChI=1S/C6H9NO3/c1-6(2,4-7)10-5(8)9-3/h1-3H3. The summed E-state index contributed by atoms with van der Waals surface area (Å²) in [5.74, 6) is 0. The number of carbonyl (C=O) groups excluding carboxylic acids is 1. The summed E-state index contributed by atoms with van der Waals surface area (Å²) in [6, 6.07) is 1.78. The molecule has 0 atom stereocenters. The van der Waals surface area contributed by atoms with Crippen molar-refractivity contribution in [2.24, 2.45) is 0 Å². The number of methoxy groups -OCH3 is 1. The fourth-order valence-corrected chi connectivity index (χ4v) is 0.273. The van der Waals surface area contributed by atoms with Crippen molar-refractivity contribution >= 4 is 6.16 Å². The van der Waals surface area contributed by atoms with Crippen molar-refractivity contribution in [3.63, 3.8) is 0 Å². The summed E-state index contributed by atoms with van der Waals surface area (Å²) in [5.41, 5.74) is -1.10. The Kier molecular flexibility index (Phi) is 2.68. The normalized spacial score (nSPS) is 9.80. The highest BCUT2D eigenvalue weighted by atomic mass is 16.7. The summed E-state index contributed by atoms with van der Waals surface area (Å²) in [6.45, 7) is 2.95. The van der Waals surface area contributed by atoms with Gasteiger partial charge in [0, 0.05) is 0 Å². The molecule has 0 amide bonds. The van der Waals surface area contributed by atoms with Crippen molar-refractivity contribution in [2.75, 3.05) is 7.11 Å². The monoisotopic (exact) mass is 143 g/mol. The summed E-state index contributed by atoms with van der Waals surface area (Å²) < 4.78 is 8.69. The Bertz CT molecular complexity index is 168. The number of ether oxygens (including phenoxy) is 2. The van der Waals surface area contributed by atoms with Crippen LogP contribution in [0.25, 0.3) is 0 Å². The Balaban J connectivity index is 3.92. The smallest absolute Gasteiger partial charge is 0.438 e. The molecule has 0 saturated heterocycles. The van der Waals surface area contributed by atoms with Crippen molar-refractivity contribution in [1.29, 1.82) is 5.26 Å². The van der Waals surface area contributed by atoms with Gasteiger partial charge in [-0.2, -0.15) is 5.26 Å². The van der Waals surface area contributed by atoms with E-state index in [0.717, 1.165) is 0 Å². The number of hydrogen-bond acceptors (Lipinski definition) is 4. The van der Waals surface area contributed by atoms with Gasteiger partial charge in [-0.15, -0.1) is 0 Å². The van der Waals surface area contributed by atoms with Crippen LogP contribution in [-0.4, -0.2) is 18.9 Å². The van der Waals surface area contributed by atoms with Gasteiger partial charge in [-0.3, -0.25) is 0 Å². The van der Waals surface area contributed by atoms with Gasteiger partial charge in [0.1, 0.15) is 6.07 Å². The molecule has 0 radical (unpaired) electrons. The summed E-state index contributed by atoms with van der Waals surface area (Å²) in [7, 11) is 1.19. The topological polar surface area (TPSA) is 59.3 Å². The molecule has 0 spiro atoms. The molecule has 0 N–H and O–H groups in total. The molecule has 0 heterocycles. The maximum Gasteiger partial charge on any atom is 0.509 e. The number of hydrogen-bond donors (Lipinski definition) is 0. The van der Waals surface area contributed by atoms with Crippen LogP contribution in [0.4, 0.5) is 4.79 Å². The molecular weight excluding hydrogens is 134 g/mol. The second kappa shape index (κ2) is 3.06. The van der Waals surface area contributed by atoms with E-state index in [0.29, 0.717) is 0 Å². The molecular formula is C6H9NO3. The molecule has 0 aromatic rings. The lowest BCUT2D eigenvalue weighted by Gasteiger charge is -2.14. The van der Waals surface area contributed by atoms with Gasteiger partial charge < -0.3 is 9.47 Å². The minimum absolute atomic E-state index is 0.841. The molecule has 0 aliphatic rings. The van der Waals surface area contributed by atoms with E-state index in [2.05, 4.69) is 9.47 Å². The number of rotatable bonds is 1. The first-order valence-electron chi connectivity index (χ1n) is 2.70. The van der Waals surface area contributed by atoms with Crippen LogP contribution in [-0.2, 0) is 9.47 Å². The third-order valence-electron chi connectivity index (χ3n) is 0.774. The van der Waals surface area contributed by atoms with E-state index in [1.807, 2.05) is 0 Å². The van der Waals surface area contributed by atoms with Crippen molar-refractivity contribution in [1.82, 2.24) is 0 Å². The lowest BCUT2D eigenvalue weighted by molar-refractivity contribution is 0.0212. The van der Waals surface area contributed by atoms with Crippen molar-refractivity contribution in [3.8, 4) is 6.07 Å². The zero-order chi connectivity index (χ0) is 8.20. The SMILES string of the molecule is COC(=O)OC(C)(C)C#N.